The van der Waals surface area contributed by atoms with Crippen molar-refractivity contribution in [3.63, 3.8) is 0 Å². The Morgan fingerprint density at radius 2 is 2.18 bits per heavy atom. The first-order chi connectivity index (χ1) is 8.06. The van der Waals surface area contributed by atoms with Crippen LogP contribution in [-0.4, -0.2) is 16.4 Å². The molecule has 0 aromatic carbocycles. The number of rotatable bonds is 4. The fraction of sp³-hybridized carbons (Fsp3) is 0.417. The summed E-state index contributed by atoms with van der Waals surface area (Å²) < 4.78 is 12.8. The van der Waals surface area contributed by atoms with Crippen LogP contribution in [0.25, 0.3) is 0 Å². The van der Waals surface area contributed by atoms with Gasteiger partial charge in [0.25, 0.3) is 5.91 Å². The quantitative estimate of drug-likeness (QED) is 0.812. The molecule has 0 fully saturated rings. The highest BCUT2D eigenvalue weighted by atomic mass is 19.1. The topological polar surface area (TPSA) is 65.8 Å². The van der Waals surface area contributed by atoms with Gasteiger partial charge in [0, 0.05) is 0 Å². The second kappa shape index (κ2) is 5.39. The van der Waals surface area contributed by atoms with Gasteiger partial charge >= 0.3 is 0 Å². The van der Waals surface area contributed by atoms with E-state index < -0.39 is 17.4 Å². The Morgan fingerprint density at radius 3 is 2.65 bits per heavy atom. The molecular weight excluding hydrogens is 221 g/mol. The predicted octanol–water partition coefficient (Wildman–Crippen LogP) is 2.03. The standard InChI is InChI=1S/C12H14FN3O/c1-3-12(4-2,8-14)16-11(17)9-6-5-7-10(13)15-9/h5-7H,3-4H2,1-2H3,(H,16,17). The van der Waals surface area contributed by atoms with Crippen molar-refractivity contribution in [2.75, 3.05) is 0 Å². The molecule has 0 spiro atoms. The number of pyridine rings is 1. The van der Waals surface area contributed by atoms with Crippen LogP contribution in [0.1, 0.15) is 37.2 Å². The Kier molecular flexibility index (Phi) is 4.16. The second-order valence-corrected chi connectivity index (χ2v) is 3.70. The number of nitriles is 1. The number of aromatic nitrogens is 1. The van der Waals surface area contributed by atoms with Crippen molar-refractivity contribution in [1.82, 2.24) is 10.3 Å². The Labute approximate surface area is 99.5 Å². The molecule has 0 saturated heterocycles. The summed E-state index contributed by atoms with van der Waals surface area (Å²) in [5.74, 6) is -1.25. The lowest BCUT2D eigenvalue weighted by molar-refractivity contribution is 0.0909. The molecule has 0 atom stereocenters. The minimum absolute atomic E-state index is 0.0217. The fourth-order valence-corrected chi connectivity index (χ4v) is 1.43. The van der Waals surface area contributed by atoms with Crippen molar-refractivity contribution in [2.45, 2.75) is 32.2 Å². The van der Waals surface area contributed by atoms with E-state index in [9.17, 15) is 9.18 Å². The van der Waals surface area contributed by atoms with Gasteiger partial charge < -0.3 is 5.32 Å². The Hall–Kier alpha value is -1.96. The molecular formula is C12H14FN3O. The van der Waals surface area contributed by atoms with Crippen LogP contribution < -0.4 is 5.32 Å². The van der Waals surface area contributed by atoms with Gasteiger partial charge in [-0.15, -0.1) is 0 Å². The van der Waals surface area contributed by atoms with Crippen molar-refractivity contribution >= 4 is 5.91 Å². The van der Waals surface area contributed by atoms with Crippen LogP contribution in [0.5, 0.6) is 0 Å². The van der Waals surface area contributed by atoms with Gasteiger partial charge in [-0.05, 0) is 25.0 Å². The third kappa shape index (κ3) is 3.00. The molecule has 1 N–H and O–H groups in total. The summed E-state index contributed by atoms with van der Waals surface area (Å²) in [7, 11) is 0. The molecule has 1 aromatic rings. The zero-order valence-corrected chi connectivity index (χ0v) is 9.83. The summed E-state index contributed by atoms with van der Waals surface area (Å²) in [6, 6.07) is 6.05. The third-order valence-electron chi connectivity index (χ3n) is 2.72. The first-order valence-electron chi connectivity index (χ1n) is 5.43. The lowest BCUT2D eigenvalue weighted by Gasteiger charge is -2.24. The van der Waals surface area contributed by atoms with Crippen molar-refractivity contribution in [3.05, 3.63) is 29.8 Å². The molecule has 0 radical (unpaired) electrons. The van der Waals surface area contributed by atoms with Crippen LogP contribution in [0.3, 0.4) is 0 Å². The van der Waals surface area contributed by atoms with Gasteiger partial charge in [-0.1, -0.05) is 19.9 Å². The molecule has 0 bridgehead atoms. The number of carbonyl (C=O) groups is 1. The molecule has 5 heteroatoms. The minimum atomic E-state index is -0.912. The molecule has 17 heavy (non-hydrogen) atoms. The lowest BCUT2D eigenvalue weighted by Crippen LogP contribution is -2.46. The normalized spacial score (nSPS) is 10.7. The molecule has 90 valence electrons. The Balaban J connectivity index is 2.89. The van der Waals surface area contributed by atoms with Gasteiger partial charge in [0.15, 0.2) is 0 Å². The van der Waals surface area contributed by atoms with E-state index in [1.165, 1.54) is 12.1 Å². The summed E-state index contributed by atoms with van der Waals surface area (Å²) >= 11 is 0. The van der Waals surface area contributed by atoms with Crippen molar-refractivity contribution in [3.8, 4) is 6.07 Å². The summed E-state index contributed by atoms with van der Waals surface area (Å²) in [6.07, 6.45) is 0.974. The second-order valence-electron chi connectivity index (χ2n) is 3.70. The summed E-state index contributed by atoms with van der Waals surface area (Å²) in [5.41, 5.74) is -0.933. The van der Waals surface area contributed by atoms with E-state index in [4.69, 9.17) is 5.26 Å². The van der Waals surface area contributed by atoms with Crippen LogP contribution in [-0.2, 0) is 0 Å². The van der Waals surface area contributed by atoms with Crippen molar-refractivity contribution in [2.24, 2.45) is 0 Å². The van der Waals surface area contributed by atoms with E-state index in [1.54, 1.807) is 0 Å². The number of halogens is 1. The number of carbonyl (C=O) groups excluding carboxylic acids is 1. The third-order valence-corrected chi connectivity index (χ3v) is 2.72. The van der Waals surface area contributed by atoms with Gasteiger partial charge in [0.05, 0.1) is 6.07 Å². The first kappa shape index (κ1) is 13.1. The number of amides is 1. The predicted molar refractivity (Wildman–Crippen MR) is 60.6 cm³/mol. The molecule has 0 aliphatic carbocycles. The monoisotopic (exact) mass is 235 g/mol. The van der Waals surface area contributed by atoms with E-state index in [1.807, 2.05) is 13.8 Å². The lowest BCUT2D eigenvalue weighted by atomic mass is 9.94. The van der Waals surface area contributed by atoms with Gasteiger partial charge in [0.2, 0.25) is 5.95 Å². The van der Waals surface area contributed by atoms with Gasteiger partial charge in [-0.3, -0.25) is 4.79 Å². The molecule has 1 aromatic heterocycles. The molecule has 0 saturated carbocycles. The van der Waals surface area contributed by atoms with Crippen LogP contribution >= 0.6 is 0 Å². The average Bonchev–Trinajstić information content (AvgIpc) is 2.36. The smallest absolute Gasteiger partial charge is 0.271 e. The molecule has 1 amide bonds. The highest BCUT2D eigenvalue weighted by Crippen LogP contribution is 2.14. The highest BCUT2D eigenvalue weighted by molar-refractivity contribution is 5.93. The maximum Gasteiger partial charge on any atom is 0.271 e. The molecule has 0 aliphatic rings. The Bertz CT molecular complexity index is 449. The summed E-state index contributed by atoms with van der Waals surface area (Å²) in [4.78, 5) is 15.3. The van der Waals surface area contributed by atoms with Crippen LogP contribution in [0.4, 0.5) is 4.39 Å². The largest absolute Gasteiger partial charge is 0.332 e. The van der Waals surface area contributed by atoms with Crippen LogP contribution in [0.15, 0.2) is 18.2 Å². The van der Waals surface area contributed by atoms with E-state index >= 15 is 0 Å². The van der Waals surface area contributed by atoms with Crippen molar-refractivity contribution < 1.29 is 9.18 Å². The van der Waals surface area contributed by atoms with E-state index in [2.05, 4.69) is 16.4 Å². The molecule has 4 nitrogen and oxygen atoms in total. The van der Waals surface area contributed by atoms with Crippen LogP contribution in [0, 0.1) is 17.3 Å². The number of nitrogens with one attached hydrogen (secondary N) is 1. The summed E-state index contributed by atoms with van der Waals surface area (Å²) in [6.45, 7) is 3.62. The zero-order valence-electron chi connectivity index (χ0n) is 9.83. The SMILES string of the molecule is CCC(C#N)(CC)NC(=O)c1cccc(F)n1. The highest BCUT2D eigenvalue weighted by Gasteiger charge is 2.28. The average molecular weight is 235 g/mol. The van der Waals surface area contributed by atoms with Crippen molar-refractivity contribution in [1.29, 1.82) is 5.26 Å². The van der Waals surface area contributed by atoms with E-state index in [-0.39, 0.29) is 5.69 Å². The molecule has 1 heterocycles. The fourth-order valence-electron chi connectivity index (χ4n) is 1.43. The maximum absolute atomic E-state index is 12.8. The Morgan fingerprint density at radius 1 is 1.53 bits per heavy atom. The van der Waals surface area contributed by atoms with Gasteiger partial charge in [-0.25, -0.2) is 4.98 Å². The maximum atomic E-state index is 12.8. The number of hydrogen-bond acceptors (Lipinski definition) is 3. The van der Waals surface area contributed by atoms with Crippen LogP contribution in [0.2, 0.25) is 0 Å². The minimum Gasteiger partial charge on any atom is -0.332 e. The first-order valence-corrected chi connectivity index (χ1v) is 5.43. The van der Waals surface area contributed by atoms with Gasteiger partial charge in [-0.2, -0.15) is 9.65 Å². The summed E-state index contributed by atoms with van der Waals surface area (Å²) in [5, 5.41) is 11.7. The number of hydrogen-bond donors (Lipinski definition) is 1. The zero-order chi connectivity index (χ0) is 12.9. The van der Waals surface area contributed by atoms with E-state index in [0.717, 1.165) is 6.07 Å². The number of nitrogens with zero attached hydrogens (tertiary/aromatic N) is 2. The molecule has 1 rings (SSSR count). The molecule has 0 aliphatic heterocycles. The van der Waals surface area contributed by atoms with Gasteiger partial charge in [0.1, 0.15) is 11.2 Å². The molecule has 0 unspecified atom stereocenters. The van der Waals surface area contributed by atoms with E-state index in [0.29, 0.717) is 12.8 Å².